The first-order valence-corrected chi connectivity index (χ1v) is 27.8. The number of ketones is 2. The van der Waals surface area contributed by atoms with Crippen molar-refractivity contribution < 1.29 is 66.4 Å². The summed E-state index contributed by atoms with van der Waals surface area (Å²) in [5.41, 5.74) is -1.82. The van der Waals surface area contributed by atoms with Gasteiger partial charge in [-0.25, -0.2) is 0 Å². The van der Waals surface area contributed by atoms with Crippen LogP contribution < -0.4 is 18.9 Å². The summed E-state index contributed by atoms with van der Waals surface area (Å²) in [6.45, 7) is 20.1. The summed E-state index contributed by atoms with van der Waals surface area (Å²) in [6, 6.07) is 3.21. The molecule has 2 aromatic carbocycles. The molecule has 0 N–H and O–H groups in total. The van der Waals surface area contributed by atoms with Gasteiger partial charge in [0.15, 0.2) is 63.8 Å². The van der Waals surface area contributed by atoms with Crippen LogP contribution in [0.3, 0.4) is 0 Å². The van der Waals surface area contributed by atoms with Gasteiger partial charge in [0.25, 0.3) is 23.2 Å². The largest absolute Gasteiger partial charge is 0.493 e. The molecule has 2 amide bonds. The van der Waals surface area contributed by atoms with E-state index in [1.165, 1.54) is 36.2 Å². The number of ether oxygens (including phenoxy) is 4. The molecule has 2 fully saturated rings. The molecule has 2 aromatic rings. The van der Waals surface area contributed by atoms with E-state index in [2.05, 4.69) is 41.5 Å². The third-order valence-corrected chi connectivity index (χ3v) is 22.5. The molecule has 0 aromatic heterocycles. The zero-order valence-electron chi connectivity index (χ0n) is 40.5. The molecular formula is C45H64N4O16Si2. The molecule has 0 radical (unpaired) electrons. The van der Waals surface area contributed by atoms with Crippen LogP contribution in [0.15, 0.2) is 24.3 Å². The van der Waals surface area contributed by atoms with Gasteiger partial charge in [-0.1, -0.05) is 41.5 Å². The van der Waals surface area contributed by atoms with E-state index < -0.39 is 85.2 Å². The van der Waals surface area contributed by atoms with Gasteiger partial charge in [0.05, 0.1) is 74.7 Å². The van der Waals surface area contributed by atoms with E-state index in [1.807, 2.05) is 26.2 Å². The predicted octanol–water partition coefficient (Wildman–Crippen LogP) is 6.61. The van der Waals surface area contributed by atoms with Crippen LogP contribution >= 0.6 is 0 Å². The van der Waals surface area contributed by atoms with Gasteiger partial charge >= 0.3 is 0 Å². The lowest BCUT2D eigenvalue weighted by atomic mass is 10.0. The zero-order valence-corrected chi connectivity index (χ0v) is 42.5. The second-order valence-electron chi connectivity index (χ2n) is 19.9. The standard InChI is InChI=1S/C45H64N4O16Si2/c1-44(2,3)66(9,10)64-26-30-16-28(36(52)24-50)22-46(30)42(54)32-18-38(60-7)40(20-34(32)48(56)57)62-14-13-15-63-41-21-35(49(58)59)33(19-39(41)61-8)43(55)47-23-29(37(53)25-51)17-31(47)27-65-67(11,12)45(4,5)6/h18-21,24-25,28-31H,13-17,22-23,26-27H2,1-12H3/t28-,29?,30+,31?/m1/s1. The van der Waals surface area contributed by atoms with Gasteiger partial charge in [0.2, 0.25) is 0 Å². The minimum Gasteiger partial charge on any atom is -0.493 e. The molecule has 20 nitrogen and oxygen atoms in total. The fourth-order valence-electron chi connectivity index (χ4n) is 7.31. The number of likely N-dealkylation sites (tertiary alicyclic amines) is 2. The SMILES string of the molecule is COc1cc(C(=O)N2CC(C(=O)C=O)CC2CO[Si](C)(C)C(C)(C)C)c([N+](=O)[O-])cc1OCCCOc1cc([N+](=O)[O-])c(C(=O)N2C[C@H](C(=O)C=O)C[C@H]2CO[Si](C)(C)C(C)(C)C)cc1OC. The number of nitro benzene ring substituents is 2. The molecule has 368 valence electrons. The number of methoxy groups -OCH3 is 2. The second-order valence-corrected chi connectivity index (χ2v) is 29.5. The molecule has 2 heterocycles. The smallest absolute Gasteiger partial charge is 0.286 e. The molecule has 0 aliphatic carbocycles. The van der Waals surface area contributed by atoms with Crippen molar-refractivity contribution in [1.82, 2.24) is 9.80 Å². The summed E-state index contributed by atoms with van der Waals surface area (Å²) >= 11 is 0. The number of hydrogen-bond acceptors (Lipinski definition) is 16. The van der Waals surface area contributed by atoms with Gasteiger partial charge in [0.1, 0.15) is 11.1 Å². The number of rotatable bonds is 22. The van der Waals surface area contributed by atoms with Crippen molar-refractivity contribution in [1.29, 1.82) is 0 Å². The third-order valence-electron chi connectivity index (χ3n) is 13.5. The van der Waals surface area contributed by atoms with Crippen LogP contribution in [-0.2, 0) is 28.0 Å². The first-order chi connectivity index (χ1) is 31.1. The Morgan fingerprint density at radius 1 is 0.642 bits per heavy atom. The van der Waals surface area contributed by atoms with Crippen LogP contribution in [0.5, 0.6) is 23.0 Å². The van der Waals surface area contributed by atoms with Gasteiger partial charge in [-0.3, -0.25) is 49.0 Å². The monoisotopic (exact) mass is 972 g/mol. The number of amides is 2. The van der Waals surface area contributed by atoms with Crippen molar-refractivity contribution >= 4 is 64.0 Å². The fraction of sp³-hybridized carbons (Fsp3) is 0.600. The maximum atomic E-state index is 14.1. The minimum absolute atomic E-state index is 0.00477. The Morgan fingerprint density at radius 3 is 1.27 bits per heavy atom. The van der Waals surface area contributed by atoms with E-state index in [-0.39, 0.29) is 116 Å². The summed E-state index contributed by atoms with van der Waals surface area (Å²) in [5, 5.41) is 24.5. The fourth-order valence-corrected chi connectivity index (χ4v) is 9.40. The molecule has 2 unspecified atom stereocenters. The Morgan fingerprint density at radius 2 is 0.985 bits per heavy atom. The number of carbonyl (C=O) groups is 6. The summed E-state index contributed by atoms with van der Waals surface area (Å²) in [6.07, 6.45) is 0.840. The number of hydrogen-bond donors (Lipinski definition) is 0. The average Bonchev–Trinajstić information content (AvgIpc) is 3.90. The van der Waals surface area contributed by atoms with Crippen LogP contribution in [0.2, 0.25) is 36.3 Å². The number of carbonyl (C=O) groups excluding carboxylic acids is 6. The molecule has 4 atom stereocenters. The van der Waals surface area contributed by atoms with Gasteiger partial charge in [-0.2, -0.15) is 0 Å². The average molecular weight is 973 g/mol. The van der Waals surface area contributed by atoms with Gasteiger partial charge < -0.3 is 37.6 Å². The third kappa shape index (κ3) is 12.5. The van der Waals surface area contributed by atoms with E-state index in [4.69, 9.17) is 27.8 Å². The number of benzene rings is 2. The lowest BCUT2D eigenvalue weighted by Crippen LogP contribution is -2.46. The van der Waals surface area contributed by atoms with Crippen molar-refractivity contribution in [2.75, 3.05) is 53.7 Å². The van der Waals surface area contributed by atoms with E-state index >= 15 is 0 Å². The van der Waals surface area contributed by atoms with Crippen LogP contribution in [-0.4, -0.2) is 138 Å². The highest BCUT2D eigenvalue weighted by Crippen LogP contribution is 2.42. The lowest BCUT2D eigenvalue weighted by Gasteiger charge is -2.38. The summed E-state index contributed by atoms with van der Waals surface area (Å²) in [4.78, 5) is 102. The normalized spacial score (nSPS) is 18.9. The quantitative estimate of drug-likeness (QED) is 0.0301. The molecule has 22 heteroatoms. The summed E-state index contributed by atoms with van der Waals surface area (Å²) in [7, 11) is -2.05. The highest BCUT2D eigenvalue weighted by atomic mass is 28.4. The van der Waals surface area contributed by atoms with Gasteiger partial charge in [-0.05, 0) is 49.1 Å². The Kier molecular flexibility index (Phi) is 17.4. The topological polar surface area (TPSA) is 251 Å². The lowest BCUT2D eigenvalue weighted by molar-refractivity contribution is -0.385. The van der Waals surface area contributed by atoms with Crippen molar-refractivity contribution in [2.24, 2.45) is 11.8 Å². The Balaban J connectivity index is 1.51. The zero-order chi connectivity index (χ0) is 50.4. The Labute approximate surface area is 392 Å². The molecule has 0 bridgehead atoms. The van der Waals surface area contributed by atoms with Crippen LogP contribution in [0, 0.1) is 32.1 Å². The second kappa shape index (κ2) is 21.6. The molecule has 2 aliphatic heterocycles. The van der Waals surface area contributed by atoms with Crippen molar-refractivity contribution in [3.63, 3.8) is 0 Å². The van der Waals surface area contributed by atoms with Crippen LogP contribution in [0.25, 0.3) is 0 Å². The predicted molar refractivity (Wildman–Crippen MR) is 249 cm³/mol. The van der Waals surface area contributed by atoms with Crippen LogP contribution in [0.4, 0.5) is 11.4 Å². The highest BCUT2D eigenvalue weighted by Gasteiger charge is 2.46. The van der Waals surface area contributed by atoms with E-state index in [0.717, 1.165) is 12.1 Å². The maximum absolute atomic E-state index is 14.1. The first kappa shape index (κ1) is 54.0. The number of nitrogens with zero attached hydrogens (tertiary/aromatic N) is 4. The Bertz CT molecular complexity index is 2080. The summed E-state index contributed by atoms with van der Waals surface area (Å²) < 4.78 is 35.4. The molecule has 2 saturated heterocycles. The molecule has 4 rings (SSSR count). The highest BCUT2D eigenvalue weighted by molar-refractivity contribution is 6.74. The van der Waals surface area contributed by atoms with E-state index in [0.29, 0.717) is 0 Å². The van der Waals surface area contributed by atoms with Crippen LogP contribution in [0.1, 0.15) is 81.5 Å². The molecule has 0 saturated carbocycles. The van der Waals surface area contributed by atoms with Crippen molar-refractivity contribution in [3.8, 4) is 23.0 Å². The molecule has 67 heavy (non-hydrogen) atoms. The van der Waals surface area contributed by atoms with E-state index in [1.54, 1.807) is 0 Å². The minimum atomic E-state index is -2.32. The van der Waals surface area contributed by atoms with Crippen molar-refractivity contribution in [3.05, 3.63) is 55.6 Å². The molecular weight excluding hydrogens is 909 g/mol. The number of nitro groups is 2. The Hall–Kier alpha value is -5.59. The first-order valence-electron chi connectivity index (χ1n) is 22.0. The number of aldehydes is 2. The summed E-state index contributed by atoms with van der Waals surface area (Å²) in [5.74, 6) is -4.62. The van der Waals surface area contributed by atoms with E-state index in [9.17, 15) is 49.0 Å². The maximum Gasteiger partial charge on any atom is 0.286 e. The van der Waals surface area contributed by atoms with Crippen molar-refractivity contribution in [2.45, 2.75) is 109 Å². The van der Waals surface area contributed by atoms with Gasteiger partial charge in [0, 0.05) is 43.5 Å². The molecule has 2 aliphatic rings. The molecule has 0 spiro atoms. The number of Topliss-reactive ketones (excluding diaryl/α,β-unsaturated/α-hetero) is 2. The van der Waals surface area contributed by atoms with Gasteiger partial charge in [-0.15, -0.1) is 0 Å².